The molecule has 0 aromatic heterocycles. The topological polar surface area (TPSA) is 88.0 Å². The highest BCUT2D eigenvalue weighted by Gasteiger charge is 2.35. The first kappa shape index (κ1) is 26.4. The number of rotatable bonds is 9. The van der Waals surface area contributed by atoms with Crippen LogP contribution >= 0.6 is 0 Å². The minimum Gasteiger partial charge on any atom is -0.493 e. The molecule has 190 valence electrons. The Morgan fingerprint density at radius 2 is 1.37 bits per heavy atom. The normalized spacial score (nSPS) is 17.4. The molecule has 1 atom stereocenters. The van der Waals surface area contributed by atoms with Crippen molar-refractivity contribution >= 4 is 26.6 Å². The number of hydrogen-bond acceptors (Lipinski definition) is 8. The fraction of sp³-hybridized carbons (Fsp3) is 0.423. The highest BCUT2D eigenvalue weighted by molar-refractivity contribution is 6.36. The Morgan fingerprint density at radius 1 is 0.800 bits per heavy atom. The smallest absolute Gasteiger partial charge is 0.203 e. The van der Waals surface area contributed by atoms with Gasteiger partial charge < -0.3 is 33.3 Å². The quantitative estimate of drug-likeness (QED) is 0.306. The Morgan fingerprint density at radius 3 is 1.86 bits per heavy atom. The maximum atomic E-state index is 10.0. The first-order valence-corrected chi connectivity index (χ1v) is 12.6. The summed E-state index contributed by atoms with van der Waals surface area (Å²) in [4.78, 5) is 0. The van der Waals surface area contributed by atoms with E-state index >= 15 is 0 Å². The molecular weight excluding hydrogens is 466 g/mol. The maximum absolute atomic E-state index is 10.0. The summed E-state index contributed by atoms with van der Waals surface area (Å²) in [7, 11) is 7.00. The van der Waals surface area contributed by atoms with Crippen LogP contribution in [0.15, 0.2) is 35.5 Å². The Balaban J connectivity index is 2.30. The van der Waals surface area contributed by atoms with Crippen LogP contribution in [-0.4, -0.2) is 62.3 Å². The van der Waals surface area contributed by atoms with Gasteiger partial charge in [0.2, 0.25) is 5.75 Å². The van der Waals surface area contributed by atoms with E-state index in [-0.39, 0.29) is 11.1 Å². The van der Waals surface area contributed by atoms with Crippen LogP contribution in [0.1, 0.15) is 38.3 Å². The van der Waals surface area contributed by atoms with Crippen molar-refractivity contribution in [2.45, 2.75) is 38.3 Å². The molecule has 0 saturated heterocycles. The van der Waals surface area contributed by atoms with E-state index in [1.165, 1.54) is 0 Å². The number of hydrogen-bond donors (Lipinski definition) is 1. The molecule has 1 N–H and O–H groups in total. The van der Waals surface area contributed by atoms with E-state index in [9.17, 15) is 5.21 Å². The second kappa shape index (κ2) is 11.0. The molecule has 9 heteroatoms. The van der Waals surface area contributed by atoms with E-state index in [1.807, 2.05) is 30.3 Å². The summed E-state index contributed by atoms with van der Waals surface area (Å²) in [5, 5.41) is 13.8. The van der Waals surface area contributed by atoms with Gasteiger partial charge in [0.05, 0.1) is 47.4 Å². The van der Waals surface area contributed by atoms with Crippen molar-refractivity contribution < 1.29 is 33.3 Å². The monoisotopic (exact) mass is 501 g/mol. The van der Waals surface area contributed by atoms with E-state index in [2.05, 4.69) is 25.9 Å². The third-order valence-corrected chi connectivity index (χ3v) is 7.18. The molecule has 0 aliphatic heterocycles. The van der Waals surface area contributed by atoms with E-state index in [0.717, 1.165) is 22.3 Å². The van der Waals surface area contributed by atoms with E-state index < -0.39 is 9.76 Å². The summed E-state index contributed by atoms with van der Waals surface area (Å²) >= 11 is 0. The predicted octanol–water partition coefficient (Wildman–Crippen LogP) is 4.56. The molecular formula is C26H35NO7Si. The molecule has 1 aliphatic rings. The van der Waals surface area contributed by atoms with Gasteiger partial charge in [0.1, 0.15) is 0 Å². The van der Waals surface area contributed by atoms with Gasteiger partial charge in [-0.15, -0.1) is 0 Å². The van der Waals surface area contributed by atoms with Crippen molar-refractivity contribution in [1.29, 1.82) is 0 Å². The Bertz CT molecular complexity index is 1100. The number of ether oxygens (including phenoxy) is 5. The van der Waals surface area contributed by atoms with Crippen molar-refractivity contribution in [3.05, 3.63) is 41.5 Å². The van der Waals surface area contributed by atoms with Gasteiger partial charge in [-0.1, -0.05) is 32.0 Å². The number of oxime groups is 1. The summed E-state index contributed by atoms with van der Waals surface area (Å²) in [5.41, 5.74) is 3.84. The van der Waals surface area contributed by atoms with Crippen LogP contribution in [0, 0.1) is 0 Å². The third-order valence-electron chi connectivity index (χ3n) is 5.74. The minimum atomic E-state index is -0.907. The van der Waals surface area contributed by atoms with Crippen LogP contribution in [0.25, 0.3) is 11.1 Å². The molecule has 0 spiro atoms. The number of allylic oxidation sites excluding steroid dienone is 1. The zero-order valence-corrected chi connectivity index (χ0v) is 23.1. The molecule has 0 bridgehead atoms. The maximum Gasteiger partial charge on any atom is 0.203 e. The van der Waals surface area contributed by atoms with Crippen LogP contribution in [0.5, 0.6) is 28.7 Å². The molecule has 1 unspecified atom stereocenters. The lowest BCUT2D eigenvalue weighted by Gasteiger charge is -2.23. The molecule has 0 amide bonds. The molecule has 2 aromatic carbocycles. The van der Waals surface area contributed by atoms with Crippen LogP contribution < -0.4 is 23.7 Å². The summed E-state index contributed by atoms with van der Waals surface area (Å²) in [6.07, 6.45) is 0.161. The summed E-state index contributed by atoms with van der Waals surface area (Å²) in [6, 6.07) is 9.45. The fourth-order valence-electron chi connectivity index (χ4n) is 4.16. The Hall–Kier alpha value is -3.17. The van der Waals surface area contributed by atoms with Crippen molar-refractivity contribution in [2.75, 3.05) is 35.5 Å². The zero-order chi connectivity index (χ0) is 25.8. The summed E-state index contributed by atoms with van der Waals surface area (Å²) < 4.78 is 34.2. The fourth-order valence-corrected chi connectivity index (χ4v) is 5.15. The van der Waals surface area contributed by atoms with Gasteiger partial charge in [0, 0.05) is 12.0 Å². The van der Waals surface area contributed by atoms with Crippen molar-refractivity contribution in [1.82, 2.24) is 0 Å². The average Bonchev–Trinajstić information content (AvgIpc) is 3.24. The van der Waals surface area contributed by atoms with Gasteiger partial charge in [-0.25, -0.2) is 0 Å². The Kier molecular flexibility index (Phi) is 8.34. The first-order valence-electron chi connectivity index (χ1n) is 11.3. The molecule has 0 heterocycles. The number of methoxy groups -OCH3 is 5. The van der Waals surface area contributed by atoms with E-state index in [0.29, 0.717) is 40.9 Å². The molecule has 0 saturated carbocycles. The molecule has 2 aromatic rings. The van der Waals surface area contributed by atoms with Gasteiger partial charge in [-0.05, 0) is 46.0 Å². The summed E-state index contributed by atoms with van der Waals surface area (Å²) in [6.45, 7) is 6.53. The second-order valence-electron chi connectivity index (χ2n) is 9.38. The first-order chi connectivity index (χ1) is 16.7. The molecule has 35 heavy (non-hydrogen) atoms. The number of nitrogens with zero attached hydrogens (tertiary/aromatic N) is 1. The molecule has 3 rings (SSSR count). The van der Waals surface area contributed by atoms with Crippen LogP contribution in [-0.2, 0) is 4.43 Å². The van der Waals surface area contributed by atoms with Gasteiger partial charge in [-0.3, -0.25) is 0 Å². The van der Waals surface area contributed by atoms with Gasteiger partial charge >= 0.3 is 0 Å². The molecule has 0 fully saturated rings. The van der Waals surface area contributed by atoms with Gasteiger partial charge in [-0.2, -0.15) is 0 Å². The predicted molar refractivity (Wildman–Crippen MR) is 139 cm³/mol. The van der Waals surface area contributed by atoms with E-state index in [4.69, 9.17) is 28.1 Å². The number of benzene rings is 2. The largest absolute Gasteiger partial charge is 0.493 e. The SMILES string of the molecule is COc1ccc(C2=C(c3cc(OC)c(OC)c(OC)c3)/C(=N\O)CC2O[SiH2]C(C)(C)C)cc1OC. The zero-order valence-electron chi connectivity index (χ0n) is 21.7. The van der Waals surface area contributed by atoms with E-state index in [1.54, 1.807) is 35.5 Å². The lowest BCUT2D eigenvalue weighted by molar-refractivity contribution is 0.269. The van der Waals surface area contributed by atoms with Crippen LogP contribution in [0.3, 0.4) is 0 Å². The average molecular weight is 502 g/mol. The van der Waals surface area contributed by atoms with Gasteiger partial charge in [0.15, 0.2) is 32.8 Å². The lowest BCUT2D eigenvalue weighted by atomic mass is 9.94. The molecule has 8 nitrogen and oxygen atoms in total. The lowest BCUT2D eigenvalue weighted by Crippen LogP contribution is -2.21. The standard InChI is InChI=1S/C26H35NO7Si/c1-26(2,3)35-34-20-14-17(27-28)23(16-12-21(31-6)25(33-8)22(13-16)32-7)24(20)15-9-10-18(29-4)19(11-15)30-5/h9-13,20,28H,14,35H2,1-8H3/b27-17-. The van der Waals surface area contributed by atoms with Gasteiger partial charge in [0.25, 0.3) is 0 Å². The Labute approximate surface area is 209 Å². The van der Waals surface area contributed by atoms with Crippen molar-refractivity contribution in [3.63, 3.8) is 0 Å². The van der Waals surface area contributed by atoms with Crippen molar-refractivity contribution in [3.8, 4) is 28.7 Å². The van der Waals surface area contributed by atoms with Crippen LogP contribution in [0.2, 0.25) is 5.04 Å². The van der Waals surface area contributed by atoms with Crippen LogP contribution in [0.4, 0.5) is 0 Å². The van der Waals surface area contributed by atoms with Crippen molar-refractivity contribution in [2.24, 2.45) is 5.16 Å². The molecule has 0 radical (unpaired) electrons. The highest BCUT2D eigenvalue weighted by atomic mass is 28.2. The highest BCUT2D eigenvalue weighted by Crippen LogP contribution is 2.46. The minimum absolute atomic E-state index is 0.0918. The summed E-state index contributed by atoms with van der Waals surface area (Å²) in [5.74, 6) is 2.73. The second-order valence-corrected chi connectivity index (χ2v) is 12.1. The molecule has 1 aliphatic carbocycles. The third kappa shape index (κ3) is 5.57.